The standard InChI is InChI=1S/C6H10Br2O2/c1-3-6(7,8)4-5(9)10-2/h3-4H2,1-2H3. The lowest BCUT2D eigenvalue weighted by Crippen LogP contribution is -2.16. The molecule has 0 radical (unpaired) electrons. The highest BCUT2D eigenvalue weighted by molar-refractivity contribution is 9.25. The van der Waals surface area contributed by atoms with Gasteiger partial charge in [0.15, 0.2) is 0 Å². The number of methoxy groups -OCH3 is 1. The number of alkyl halides is 2. The lowest BCUT2D eigenvalue weighted by atomic mass is 10.2. The van der Waals surface area contributed by atoms with Gasteiger partial charge in [-0.15, -0.1) is 0 Å². The first kappa shape index (κ1) is 10.4. The van der Waals surface area contributed by atoms with Gasteiger partial charge in [0.05, 0.1) is 16.8 Å². The van der Waals surface area contributed by atoms with E-state index in [4.69, 9.17) is 0 Å². The van der Waals surface area contributed by atoms with Crippen LogP contribution in [0.25, 0.3) is 0 Å². The highest BCUT2D eigenvalue weighted by Crippen LogP contribution is 2.33. The summed E-state index contributed by atoms with van der Waals surface area (Å²) in [6, 6.07) is 0. The molecule has 0 amide bonds. The summed E-state index contributed by atoms with van der Waals surface area (Å²) in [5.74, 6) is -0.212. The third-order valence-corrected chi connectivity index (χ3v) is 2.83. The molecule has 10 heavy (non-hydrogen) atoms. The monoisotopic (exact) mass is 272 g/mol. The summed E-state index contributed by atoms with van der Waals surface area (Å²) in [6.45, 7) is 1.98. The maximum atomic E-state index is 10.7. The van der Waals surface area contributed by atoms with E-state index in [9.17, 15) is 4.79 Å². The van der Waals surface area contributed by atoms with Gasteiger partial charge in [0.1, 0.15) is 0 Å². The van der Waals surface area contributed by atoms with E-state index in [0.717, 1.165) is 6.42 Å². The van der Waals surface area contributed by atoms with Gasteiger partial charge >= 0.3 is 5.97 Å². The lowest BCUT2D eigenvalue weighted by Gasteiger charge is -2.15. The van der Waals surface area contributed by atoms with Crippen molar-refractivity contribution in [3.05, 3.63) is 0 Å². The van der Waals surface area contributed by atoms with E-state index in [0.29, 0.717) is 6.42 Å². The number of esters is 1. The van der Waals surface area contributed by atoms with Crippen molar-refractivity contribution < 1.29 is 9.53 Å². The first-order valence-corrected chi connectivity index (χ1v) is 4.55. The van der Waals surface area contributed by atoms with Crippen molar-refractivity contribution in [2.45, 2.75) is 23.0 Å². The van der Waals surface area contributed by atoms with Crippen molar-refractivity contribution in [2.75, 3.05) is 7.11 Å². The van der Waals surface area contributed by atoms with Gasteiger partial charge in [-0.1, -0.05) is 38.8 Å². The average Bonchev–Trinajstić information content (AvgIpc) is 1.87. The van der Waals surface area contributed by atoms with Crippen LogP contribution >= 0.6 is 31.9 Å². The zero-order valence-corrected chi connectivity index (χ0v) is 9.16. The number of carbonyl (C=O) groups excluding carboxylic acids is 1. The molecule has 0 aromatic rings. The van der Waals surface area contributed by atoms with Crippen molar-refractivity contribution >= 4 is 37.8 Å². The Morgan fingerprint density at radius 3 is 2.40 bits per heavy atom. The van der Waals surface area contributed by atoms with Gasteiger partial charge in [0.25, 0.3) is 0 Å². The molecule has 0 fully saturated rings. The molecule has 0 unspecified atom stereocenters. The predicted molar refractivity (Wildman–Crippen MR) is 47.5 cm³/mol. The number of rotatable bonds is 3. The predicted octanol–water partition coefficient (Wildman–Crippen LogP) is 2.45. The van der Waals surface area contributed by atoms with E-state index in [1.54, 1.807) is 0 Å². The normalized spacial score (nSPS) is 11.2. The molecule has 0 spiro atoms. The van der Waals surface area contributed by atoms with Gasteiger partial charge in [0.2, 0.25) is 0 Å². The van der Waals surface area contributed by atoms with E-state index in [1.165, 1.54) is 7.11 Å². The molecule has 60 valence electrons. The summed E-state index contributed by atoms with van der Waals surface area (Å²) in [5.41, 5.74) is 0. The minimum Gasteiger partial charge on any atom is -0.469 e. The Hall–Kier alpha value is 0.430. The van der Waals surface area contributed by atoms with Gasteiger partial charge in [-0.2, -0.15) is 0 Å². The molecule has 0 rings (SSSR count). The number of ether oxygens (including phenoxy) is 1. The molecule has 0 N–H and O–H groups in total. The Balaban J connectivity index is 3.76. The molecule has 0 aromatic heterocycles. The molecule has 0 atom stereocenters. The number of carbonyl (C=O) groups is 1. The maximum absolute atomic E-state index is 10.7. The molecular formula is C6H10Br2O2. The Kier molecular flexibility index (Phi) is 4.52. The maximum Gasteiger partial charge on any atom is 0.307 e. The van der Waals surface area contributed by atoms with Crippen molar-refractivity contribution in [2.24, 2.45) is 0 Å². The second-order valence-corrected chi connectivity index (χ2v) is 6.06. The molecule has 2 nitrogen and oxygen atoms in total. The fraction of sp³-hybridized carbons (Fsp3) is 0.833. The smallest absolute Gasteiger partial charge is 0.307 e. The van der Waals surface area contributed by atoms with E-state index in [-0.39, 0.29) is 9.20 Å². The van der Waals surface area contributed by atoms with E-state index < -0.39 is 0 Å². The minimum absolute atomic E-state index is 0.212. The summed E-state index contributed by atoms with van der Waals surface area (Å²) in [6.07, 6.45) is 1.18. The van der Waals surface area contributed by atoms with E-state index >= 15 is 0 Å². The SMILES string of the molecule is CCC(Br)(Br)CC(=O)OC. The van der Waals surface area contributed by atoms with Crippen LogP contribution in [0, 0.1) is 0 Å². The second-order valence-electron chi connectivity index (χ2n) is 1.96. The zero-order valence-electron chi connectivity index (χ0n) is 5.99. The van der Waals surface area contributed by atoms with Crippen LogP contribution < -0.4 is 0 Å². The van der Waals surface area contributed by atoms with Gasteiger partial charge in [-0.05, 0) is 6.42 Å². The van der Waals surface area contributed by atoms with Crippen LogP contribution in [0.5, 0.6) is 0 Å². The Bertz CT molecular complexity index is 123. The van der Waals surface area contributed by atoms with Crippen LogP contribution in [0.1, 0.15) is 19.8 Å². The van der Waals surface area contributed by atoms with Crippen LogP contribution in [0.15, 0.2) is 0 Å². The molecule has 0 aliphatic heterocycles. The van der Waals surface area contributed by atoms with Crippen LogP contribution in [0.3, 0.4) is 0 Å². The highest BCUT2D eigenvalue weighted by atomic mass is 79.9. The molecule has 0 aromatic carbocycles. The molecule has 0 heterocycles. The van der Waals surface area contributed by atoms with Gasteiger partial charge in [-0.25, -0.2) is 0 Å². The molecule has 0 saturated carbocycles. The Morgan fingerprint density at radius 2 is 2.10 bits per heavy atom. The van der Waals surface area contributed by atoms with Gasteiger partial charge < -0.3 is 4.74 Å². The first-order valence-electron chi connectivity index (χ1n) is 2.96. The van der Waals surface area contributed by atoms with Gasteiger partial charge in [-0.3, -0.25) is 4.79 Å². The van der Waals surface area contributed by atoms with Gasteiger partial charge in [0, 0.05) is 0 Å². The van der Waals surface area contributed by atoms with E-state index in [1.807, 2.05) is 6.92 Å². The largest absolute Gasteiger partial charge is 0.469 e. The number of hydrogen-bond donors (Lipinski definition) is 0. The summed E-state index contributed by atoms with van der Waals surface area (Å²) >= 11 is 6.68. The fourth-order valence-corrected chi connectivity index (χ4v) is 0.866. The second kappa shape index (κ2) is 4.34. The third kappa shape index (κ3) is 4.28. The van der Waals surface area contributed by atoms with Crippen LogP contribution in [0.2, 0.25) is 0 Å². The molecule has 0 bridgehead atoms. The summed E-state index contributed by atoms with van der Waals surface area (Å²) < 4.78 is 4.20. The average molecular weight is 274 g/mol. The Labute approximate surface area is 77.6 Å². The fourth-order valence-electron chi connectivity index (χ4n) is 0.408. The first-order chi connectivity index (χ1) is 4.52. The molecule has 0 saturated heterocycles. The summed E-state index contributed by atoms with van der Waals surface area (Å²) in [7, 11) is 1.38. The summed E-state index contributed by atoms with van der Waals surface area (Å²) in [4.78, 5) is 10.7. The number of hydrogen-bond acceptors (Lipinski definition) is 2. The highest BCUT2D eigenvalue weighted by Gasteiger charge is 2.24. The number of halogens is 2. The van der Waals surface area contributed by atoms with Crippen LogP contribution in [-0.4, -0.2) is 16.3 Å². The minimum atomic E-state index is -0.285. The molecule has 0 aliphatic carbocycles. The van der Waals surface area contributed by atoms with Crippen molar-refractivity contribution in [3.63, 3.8) is 0 Å². The van der Waals surface area contributed by atoms with Crippen molar-refractivity contribution in [1.29, 1.82) is 0 Å². The Morgan fingerprint density at radius 1 is 1.60 bits per heavy atom. The van der Waals surface area contributed by atoms with Crippen LogP contribution in [0.4, 0.5) is 0 Å². The molecule has 0 aliphatic rings. The van der Waals surface area contributed by atoms with Crippen molar-refractivity contribution in [3.8, 4) is 0 Å². The lowest BCUT2D eigenvalue weighted by molar-refractivity contribution is -0.140. The molecule has 4 heteroatoms. The van der Waals surface area contributed by atoms with Crippen molar-refractivity contribution in [1.82, 2.24) is 0 Å². The summed E-state index contributed by atoms with van der Waals surface area (Å²) in [5, 5.41) is 0. The van der Waals surface area contributed by atoms with Crippen LogP contribution in [-0.2, 0) is 9.53 Å². The zero-order chi connectivity index (χ0) is 8.20. The molecular weight excluding hydrogens is 264 g/mol. The third-order valence-electron chi connectivity index (χ3n) is 1.15. The van der Waals surface area contributed by atoms with E-state index in [2.05, 4.69) is 36.6 Å². The topological polar surface area (TPSA) is 26.3 Å². The quantitative estimate of drug-likeness (QED) is 0.583.